The van der Waals surface area contributed by atoms with Gasteiger partial charge in [-0.05, 0) is 49.4 Å². The molecule has 0 aromatic heterocycles. The molecule has 1 amide bonds. The molecule has 27 heavy (non-hydrogen) atoms. The highest BCUT2D eigenvalue weighted by atomic mass is 35.5. The number of hydrogen-bond donors (Lipinski definition) is 1. The molecule has 0 aliphatic heterocycles. The summed E-state index contributed by atoms with van der Waals surface area (Å²) in [6, 6.07) is 10.7. The van der Waals surface area contributed by atoms with Crippen LogP contribution in [0.1, 0.15) is 13.3 Å². The maximum absolute atomic E-state index is 12.9. The number of carbonyl (C=O) groups excluding carboxylic acids is 2. The Kier molecular flexibility index (Phi) is 6.92. The molecular weight excluding hydrogens is 397 g/mol. The van der Waals surface area contributed by atoms with Gasteiger partial charge in [0.05, 0.1) is 17.1 Å². The SMILES string of the molecule is C[C@@H](OC(=O)CCS(=O)(=O)c1ccc(F)cc1)C(=O)Nc1cccc(Cl)c1. The number of benzene rings is 2. The predicted octanol–water partition coefficient (Wildman–Crippen LogP) is 3.21. The number of ether oxygens (including phenoxy) is 1. The van der Waals surface area contributed by atoms with Gasteiger partial charge in [-0.15, -0.1) is 0 Å². The Morgan fingerprint density at radius 1 is 1.19 bits per heavy atom. The number of esters is 1. The molecule has 0 aliphatic rings. The zero-order valence-electron chi connectivity index (χ0n) is 14.3. The first-order valence-electron chi connectivity index (χ1n) is 7.91. The van der Waals surface area contributed by atoms with Gasteiger partial charge in [-0.25, -0.2) is 12.8 Å². The number of sulfone groups is 1. The van der Waals surface area contributed by atoms with Gasteiger partial charge < -0.3 is 10.1 Å². The van der Waals surface area contributed by atoms with Crippen molar-refractivity contribution < 1.29 is 27.1 Å². The average molecular weight is 414 g/mol. The number of hydrogen-bond acceptors (Lipinski definition) is 5. The molecule has 0 heterocycles. The molecule has 1 N–H and O–H groups in total. The van der Waals surface area contributed by atoms with E-state index in [1.807, 2.05) is 0 Å². The van der Waals surface area contributed by atoms with Gasteiger partial charge in [0.1, 0.15) is 5.82 Å². The third-order valence-electron chi connectivity index (χ3n) is 3.52. The monoisotopic (exact) mass is 413 g/mol. The van der Waals surface area contributed by atoms with E-state index >= 15 is 0 Å². The Morgan fingerprint density at radius 3 is 2.48 bits per heavy atom. The molecule has 0 aliphatic carbocycles. The summed E-state index contributed by atoms with van der Waals surface area (Å²) in [6.45, 7) is 1.37. The molecule has 0 spiro atoms. The summed E-state index contributed by atoms with van der Waals surface area (Å²) in [5.74, 6) is -2.49. The Morgan fingerprint density at radius 2 is 1.85 bits per heavy atom. The zero-order chi connectivity index (χ0) is 20.0. The maximum atomic E-state index is 12.9. The van der Waals surface area contributed by atoms with Gasteiger partial charge in [-0.3, -0.25) is 9.59 Å². The fraction of sp³-hybridized carbons (Fsp3) is 0.222. The first kappa shape index (κ1) is 20.9. The molecule has 2 rings (SSSR count). The summed E-state index contributed by atoms with van der Waals surface area (Å²) in [5, 5.41) is 2.97. The molecule has 2 aromatic rings. The van der Waals surface area contributed by atoms with Crippen LogP contribution in [-0.2, 0) is 24.2 Å². The van der Waals surface area contributed by atoms with Gasteiger partial charge in [0.2, 0.25) is 0 Å². The first-order chi connectivity index (χ1) is 12.7. The van der Waals surface area contributed by atoms with E-state index in [-0.39, 0.29) is 4.90 Å². The predicted molar refractivity (Wildman–Crippen MR) is 98.7 cm³/mol. The number of anilines is 1. The zero-order valence-corrected chi connectivity index (χ0v) is 15.9. The smallest absolute Gasteiger partial charge is 0.307 e. The van der Waals surface area contributed by atoms with Crippen molar-refractivity contribution >= 4 is 39.0 Å². The summed E-state index contributed by atoms with van der Waals surface area (Å²) in [6.07, 6.45) is -1.56. The molecule has 0 unspecified atom stereocenters. The summed E-state index contributed by atoms with van der Waals surface area (Å²) < 4.78 is 42.1. The van der Waals surface area contributed by atoms with Crippen molar-refractivity contribution in [2.45, 2.75) is 24.3 Å². The van der Waals surface area contributed by atoms with Gasteiger partial charge >= 0.3 is 5.97 Å². The molecule has 9 heteroatoms. The molecule has 0 fully saturated rings. The van der Waals surface area contributed by atoms with Crippen molar-refractivity contribution in [2.75, 3.05) is 11.1 Å². The van der Waals surface area contributed by atoms with Crippen molar-refractivity contribution in [2.24, 2.45) is 0 Å². The first-order valence-corrected chi connectivity index (χ1v) is 9.94. The number of carbonyl (C=O) groups is 2. The highest BCUT2D eigenvalue weighted by molar-refractivity contribution is 7.91. The molecule has 0 bridgehead atoms. The third kappa shape index (κ3) is 6.33. The largest absolute Gasteiger partial charge is 0.453 e. The Bertz CT molecular complexity index is 931. The van der Waals surface area contributed by atoms with Crippen LogP contribution < -0.4 is 5.32 Å². The van der Waals surface area contributed by atoms with Gasteiger partial charge in [-0.2, -0.15) is 0 Å². The highest BCUT2D eigenvalue weighted by Gasteiger charge is 2.21. The van der Waals surface area contributed by atoms with Gasteiger partial charge in [-0.1, -0.05) is 17.7 Å². The minimum atomic E-state index is -3.76. The lowest BCUT2D eigenvalue weighted by molar-refractivity contribution is -0.152. The minimum absolute atomic E-state index is 0.0940. The molecule has 0 radical (unpaired) electrons. The molecule has 144 valence electrons. The van der Waals surface area contributed by atoms with Crippen molar-refractivity contribution in [1.29, 1.82) is 0 Å². The van der Waals surface area contributed by atoms with E-state index in [1.165, 1.54) is 13.0 Å². The second-order valence-corrected chi connectivity index (χ2v) is 8.20. The summed E-state index contributed by atoms with van der Waals surface area (Å²) in [7, 11) is -3.76. The van der Waals surface area contributed by atoms with E-state index in [0.29, 0.717) is 10.7 Å². The van der Waals surface area contributed by atoms with E-state index in [2.05, 4.69) is 5.32 Å². The van der Waals surface area contributed by atoms with E-state index in [0.717, 1.165) is 24.3 Å². The van der Waals surface area contributed by atoms with Crippen LogP contribution in [0, 0.1) is 5.82 Å². The van der Waals surface area contributed by atoms with Gasteiger partial charge in [0.15, 0.2) is 15.9 Å². The Hall–Kier alpha value is -2.45. The fourth-order valence-electron chi connectivity index (χ4n) is 2.10. The van der Waals surface area contributed by atoms with E-state index < -0.39 is 45.8 Å². The van der Waals surface area contributed by atoms with Gasteiger partial charge in [0, 0.05) is 10.7 Å². The standard InChI is InChI=1S/C18H17ClFNO5S/c1-12(18(23)21-15-4-2-3-13(19)11-15)26-17(22)9-10-27(24,25)16-7-5-14(20)6-8-16/h2-8,11-12H,9-10H2,1H3,(H,21,23)/t12-/m1/s1. The van der Waals surface area contributed by atoms with Crippen LogP contribution in [0.2, 0.25) is 5.02 Å². The minimum Gasteiger partial charge on any atom is -0.453 e. The lowest BCUT2D eigenvalue weighted by Gasteiger charge is -2.13. The second kappa shape index (κ2) is 8.96. The van der Waals surface area contributed by atoms with Crippen molar-refractivity contribution in [3.8, 4) is 0 Å². The van der Waals surface area contributed by atoms with Crippen LogP contribution in [0.15, 0.2) is 53.4 Å². The average Bonchev–Trinajstić information content (AvgIpc) is 2.60. The summed E-state index contributed by atoms with van der Waals surface area (Å²) in [5.41, 5.74) is 0.439. The molecule has 6 nitrogen and oxygen atoms in total. The van der Waals surface area contributed by atoms with Crippen LogP contribution >= 0.6 is 11.6 Å². The molecule has 0 saturated heterocycles. The van der Waals surface area contributed by atoms with Crippen LogP contribution in [0.25, 0.3) is 0 Å². The molecular formula is C18H17ClFNO5S. The van der Waals surface area contributed by atoms with Crippen molar-refractivity contribution in [3.05, 3.63) is 59.4 Å². The molecule has 0 saturated carbocycles. The highest BCUT2D eigenvalue weighted by Crippen LogP contribution is 2.16. The molecule has 1 atom stereocenters. The van der Waals surface area contributed by atoms with Crippen molar-refractivity contribution in [3.63, 3.8) is 0 Å². The number of halogens is 2. The van der Waals surface area contributed by atoms with Gasteiger partial charge in [0.25, 0.3) is 5.91 Å². The van der Waals surface area contributed by atoms with Crippen LogP contribution in [-0.4, -0.2) is 32.2 Å². The van der Waals surface area contributed by atoms with E-state index in [4.69, 9.17) is 16.3 Å². The number of amides is 1. The number of rotatable bonds is 7. The lowest BCUT2D eigenvalue weighted by Crippen LogP contribution is -2.30. The summed E-state index contributed by atoms with van der Waals surface area (Å²) >= 11 is 5.82. The summed E-state index contributed by atoms with van der Waals surface area (Å²) in [4.78, 5) is 23.8. The fourth-order valence-corrected chi connectivity index (χ4v) is 3.51. The Balaban J connectivity index is 1.87. The third-order valence-corrected chi connectivity index (χ3v) is 5.48. The topological polar surface area (TPSA) is 89.5 Å². The van der Waals surface area contributed by atoms with E-state index in [1.54, 1.807) is 18.2 Å². The second-order valence-electron chi connectivity index (χ2n) is 5.65. The molecule has 2 aromatic carbocycles. The van der Waals surface area contributed by atoms with Crippen LogP contribution in [0.5, 0.6) is 0 Å². The Labute approximate surface area is 161 Å². The van der Waals surface area contributed by atoms with E-state index in [9.17, 15) is 22.4 Å². The maximum Gasteiger partial charge on any atom is 0.307 e. The van der Waals surface area contributed by atoms with Crippen LogP contribution in [0.3, 0.4) is 0 Å². The van der Waals surface area contributed by atoms with Crippen LogP contribution in [0.4, 0.5) is 10.1 Å². The lowest BCUT2D eigenvalue weighted by atomic mass is 10.3. The van der Waals surface area contributed by atoms with Crippen molar-refractivity contribution in [1.82, 2.24) is 0 Å². The quantitative estimate of drug-likeness (QED) is 0.556. The normalized spacial score (nSPS) is 12.3. The number of nitrogens with one attached hydrogen (secondary N) is 1.